The number of halogens is 1. The van der Waals surface area contributed by atoms with Crippen LogP contribution in [0.2, 0.25) is 0 Å². The van der Waals surface area contributed by atoms with Gasteiger partial charge in [0, 0.05) is 28.2 Å². The summed E-state index contributed by atoms with van der Waals surface area (Å²) in [5, 5.41) is 10.7. The molecule has 0 amide bonds. The number of aromatic nitrogens is 6. The standard InChI is InChI=1S/C21H18FN7S/c22-17-4-3-16(30-17)12-9-24-10-15-18(12)27-21(26-15)20-19-14(28-29-20)2-1-13(25-19)11-5-7-23-8-6-11/h1-4,9-11,23H,5-8H2,(H,26,27)(H,28,29). The first-order chi connectivity index (χ1) is 14.8. The fourth-order valence-corrected chi connectivity index (χ4v) is 4.85. The number of hydrogen-bond acceptors (Lipinski definition) is 6. The number of fused-ring (bicyclic) bond motifs is 2. The van der Waals surface area contributed by atoms with Crippen LogP contribution < -0.4 is 5.32 Å². The third-order valence-electron chi connectivity index (χ3n) is 5.64. The van der Waals surface area contributed by atoms with Crippen molar-refractivity contribution >= 4 is 33.4 Å². The number of H-pyrrole nitrogens is 2. The van der Waals surface area contributed by atoms with Crippen molar-refractivity contribution < 1.29 is 4.39 Å². The van der Waals surface area contributed by atoms with Crippen molar-refractivity contribution in [2.75, 3.05) is 13.1 Å². The molecule has 9 heteroatoms. The van der Waals surface area contributed by atoms with E-state index in [0.29, 0.717) is 17.4 Å². The van der Waals surface area contributed by atoms with Crippen LogP contribution in [0.25, 0.3) is 44.0 Å². The molecular weight excluding hydrogens is 401 g/mol. The van der Waals surface area contributed by atoms with Gasteiger partial charge >= 0.3 is 0 Å². The Balaban J connectivity index is 1.47. The zero-order valence-corrected chi connectivity index (χ0v) is 16.8. The van der Waals surface area contributed by atoms with Crippen LogP contribution in [0.5, 0.6) is 0 Å². The molecule has 0 unspecified atom stereocenters. The highest BCUT2D eigenvalue weighted by Gasteiger charge is 2.20. The molecule has 1 saturated heterocycles. The summed E-state index contributed by atoms with van der Waals surface area (Å²) in [6.07, 6.45) is 5.61. The highest BCUT2D eigenvalue weighted by atomic mass is 32.1. The fourth-order valence-electron chi connectivity index (χ4n) is 4.11. The van der Waals surface area contributed by atoms with Gasteiger partial charge in [0.2, 0.25) is 0 Å². The molecule has 0 aromatic carbocycles. The summed E-state index contributed by atoms with van der Waals surface area (Å²) >= 11 is 1.08. The van der Waals surface area contributed by atoms with Gasteiger partial charge in [-0.15, -0.1) is 11.3 Å². The Hall–Kier alpha value is -3.17. The van der Waals surface area contributed by atoms with E-state index in [1.807, 2.05) is 6.07 Å². The molecule has 0 atom stereocenters. The van der Waals surface area contributed by atoms with E-state index < -0.39 is 0 Å². The van der Waals surface area contributed by atoms with Crippen molar-refractivity contribution in [3.8, 4) is 22.0 Å². The zero-order chi connectivity index (χ0) is 20.1. The van der Waals surface area contributed by atoms with Crippen molar-refractivity contribution in [1.29, 1.82) is 0 Å². The second-order valence-corrected chi connectivity index (χ2v) is 8.54. The van der Waals surface area contributed by atoms with Gasteiger partial charge < -0.3 is 10.3 Å². The minimum absolute atomic E-state index is 0.231. The van der Waals surface area contributed by atoms with Gasteiger partial charge in [0.15, 0.2) is 16.6 Å². The number of piperidine rings is 1. The van der Waals surface area contributed by atoms with Crippen LogP contribution in [0.4, 0.5) is 4.39 Å². The molecule has 1 aliphatic rings. The van der Waals surface area contributed by atoms with Crippen LogP contribution in [-0.2, 0) is 0 Å². The second-order valence-electron chi connectivity index (χ2n) is 7.50. The number of pyridine rings is 2. The van der Waals surface area contributed by atoms with Gasteiger partial charge in [-0.25, -0.2) is 9.97 Å². The van der Waals surface area contributed by atoms with E-state index in [-0.39, 0.29) is 5.13 Å². The quantitative estimate of drug-likeness (QED) is 0.407. The summed E-state index contributed by atoms with van der Waals surface area (Å²) < 4.78 is 13.6. The average Bonchev–Trinajstić information content (AvgIpc) is 3.51. The summed E-state index contributed by atoms with van der Waals surface area (Å²) in [6, 6.07) is 7.34. The molecule has 0 bridgehead atoms. The SMILES string of the molecule is Fc1ccc(-c2cncc3[nH]c(-c4n[nH]c5ccc(C6CCNCC6)nc45)nc23)s1. The highest BCUT2D eigenvalue weighted by Crippen LogP contribution is 2.34. The highest BCUT2D eigenvalue weighted by molar-refractivity contribution is 7.14. The molecule has 1 aliphatic heterocycles. The van der Waals surface area contributed by atoms with Gasteiger partial charge in [-0.05, 0) is 50.2 Å². The summed E-state index contributed by atoms with van der Waals surface area (Å²) in [5.41, 5.74) is 5.78. The first-order valence-electron chi connectivity index (χ1n) is 9.92. The lowest BCUT2D eigenvalue weighted by molar-refractivity contribution is 0.454. The molecule has 1 fully saturated rings. The normalized spacial score (nSPS) is 15.4. The van der Waals surface area contributed by atoms with Crippen molar-refractivity contribution in [2.45, 2.75) is 18.8 Å². The van der Waals surface area contributed by atoms with Crippen molar-refractivity contribution in [3.63, 3.8) is 0 Å². The van der Waals surface area contributed by atoms with Crippen LogP contribution >= 0.6 is 11.3 Å². The lowest BCUT2D eigenvalue weighted by Crippen LogP contribution is -2.27. The summed E-state index contributed by atoms with van der Waals surface area (Å²) in [7, 11) is 0. The van der Waals surface area contributed by atoms with Gasteiger partial charge in [0.1, 0.15) is 11.0 Å². The van der Waals surface area contributed by atoms with Crippen LogP contribution in [0.3, 0.4) is 0 Å². The molecular formula is C21H18FN7S. The number of imidazole rings is 1. The molecule has 0 aliphatic carbocycles. The van der Waals surface area contributed by atoms with E-state index in [4.69, 9.17) is 9.97 Å². The van der Waals surface area contributed by atoms with Crippen LogP contribution in [-0.4, -0.2) is 43.2 Å². The largest absolute Gasteiger partial charge is 0.335 e. The molecule has 0 spiro atoms. The van der Waals surface area contributed by atoms with Crippen molar-refractivity contribution in [3.05, 3.63) is 47.5 Å². The Labute approximate surface area is 174 Å². The maximum absolute atomic E-state index is 13.6. The number of thiophene rings is 1. The average molecular weight is 419 g/mol. The zero-order valence-electron chi connectivity index (χ0n) is 15.9. The molecule has 0 saturated carbocycles. The number of nitrogens with zero attached hydrogens (tertiary/aromatic N) is 4. The van der Waals surface area contributed by atoms with Gasteiger partial charge in [-0.3, -0.25) is 10.1 Å². The molecule has 7 nitrogen and oxygen atoms in total. The van der Waals surface area contributed by atoms with Crippen LogP contribution in [0.15, 0.2) is 36.7 Å². The smallest absolute Gasteiger partial charge is 0.176 e. The van der Waals surface area contributed by atoms with E-state index in [9.17, 15) is 4.39 Å². The van der Waals surface area contributed by atoms with E-state index in [1.165, 1.54) is 6.07 Å². The molecule has 3 N–H and O–H groups in total. The molecule has 5 aromatic heterocycles. The Morgan fingerprint density at radius 2 is 1.87 bits per heavy atom. The lowest BCUT2D eigenvalue weighted by atomic mass is 9.94. The topological polar surface area (TPSA) is 95.2 Å². The number of aromatic amines is 2. The minimum atomic E-state index is -0.231. The molecule has 150 valence electrons. The maximum Gasteiger partial charge on any atom is 0.176 e. The first-order valence-corrected chi connectivity index (χ1v) is 10.7. The third-order valence-corrected chi connectivity index (χ3v) is 6.55. The van der Waals surface area contributed by atoms with E-state index in [1.54, 1.807) is 18.5 Å². The number of rotatable bonds is 3. The molecule has 6 heterocycles. The maximum atomic E-state index is 13.6. The minimum Gasteiger partial charge on any atom is -0.335 e. The van der Waals surface area contributed by atoms with Gasteiger partial charge in [0.05, 0.1) is 17.2 Å². The summed E-state index contributed by atoms with van der Waals surface area (Å²) in [6.45, 7) is 2.04. The molecule has 0 radical (unpaired) electrons. The lowest BCUT2D eigenvalue weighted by Gasteiger charge is -2.22. The molecule has 30 heavy (non-hydrogen) atoms. The van der Waals surface area contributed by atoms with Crippen LogP contribution in [0, 0.1) is 5.13 Å². The third kappa shape index (κ3) is 2.89. The first kappa shape index (κ1) is 17.7. The Morgan fingerprint density at radius 3 is 2.70 bits per heavy atom. The molecule has 6 rings (SSSR count). The predicted octanol–water partition coefficient (Wildman–Crippen LogP) is 4.23. The molecule has 5 aromatic rings. The van der Waals surface area contributed by atoms with Crippen LogP contribution in [0.1, 0.15) is 24.5 Å². The summed E-state index contributed by atoms with van der Waals surface area (Å²) in [4.78, 5) is 18.1. The van der Waals surface area contributed by atoms with Gasteiger partial charge in [-0.1, -0.05) is 0 Å². The number of hydrogen-bond donors (Lipinski definition) is 3. The van der Waals surface area contributed by atoms with Crippen molar-refractivity contribution in [2.24, 2.45) is 0 Å². The predicted molar refractivity (Wildman–Crippen MR) is 115 cm³/mol. The second kappa shape index (κ2) is 6.96. The monoisotopic (exact) mass is 419 g/mol. The Bertz CT molecular complexity index is 1360. The van der Waals surface area contributed by atoms with Gasteiger partial charge in [0.25, 0.3) is 0 Å². The van der Waals surface area contributed by atoms with E-state index in [2.05, 4.69) is 31.5 Å². The summed E-state index contributed by atoms with van der Waals surface area (Å²) in [5.74, 6) is 1.08. The van der Waals surface area contributed by atoms with E-state index >= 15 is 0 Å². The van der Waals surface area contributed by atoms with Crippen molar-refractivity contribution in [1.82, 2.24) is 35.5 Å². The fraction of sp³-hybridized carbons (Fsp3) is 0.238. The van der Waals surface area contributed by atoms with E-state index in [0.717, 1.165) is 75.5 Å². The number of nitrogens with one attached hydrogen (secondary N) is 3. The Kier molecular flexibility index (Phi) is 4.10. The van der Waals surface area contributed by atoms with Gasteiger partial charge in [-0.2, -0.15) is 9.49 Å². The Morgan fingerprint density at radius 1 is 0.967 bits per heavy atom.